The lowest BCUT2D eigenvalue weighted by atomic mass is 9.95. The van der Waals surface area contributed by atoms with Crippen LogP contribution in [0.5, 0.6) is 0 Å². The van der Waals surface area contributed by atoms with Gasteiger partial charge in [-0.3, -0.25) is 23.4 Å². The fourth-order valence-corrected chi connectivity index (χ4v) is 12.6. The van der Waals surface area contributed by atoms with E-state index in [-0.39, 0.29) is 44.5 Å². The number of rotatable bonds is 59. The Morgan fingerprint density at radius 3 is 1.49 bits per heavy atom. The molecule has 23 heteroatoms. The maximum absolute atomic E-state index is 14.1. The van der Waals surface area contributed by atoms with Gasteiger partial charge in [0.25, 0.3) is 0 Å². The van der Waals surface area contributed by atoms with Gasteiger partial charge in [-0.25, -0.2) is 9.13 Å². The smallest absolute Gasteiger partial charge is 0.454 e. The fraction of sp³-hybridized carbons (Fsp3) is 0.924. The molecule has 2 heterocycles. The van der Waals surface area contributed by atoms with Crippen molar-refractivity contribution >= 4 is 33.3 Å². The van der Waals surface area contributed by atoms with Gasteiger partial charge in [0, 0.05) is 40.3 Å². The van der Waals surface area contributed by atoms with Crippen molar-refractivity contribution in [1.82, 2.24) is 5.32 Å². The predicted molar refractivity (Wildman–Crippen MR) is 345 cm³/mol. The lowest BCUT2D eigenvalue weighted by Gasteiger charge is -2.47. The first-order valence-corrected chi connectivity index (χ1v) is 38.0. The Hall–Kier alpha value is -1.75. The van der Waals surface area contributed by atoms with Crippen molar-refractivity contribution in [1.29, 1.82) is 0 Å². The third-order valence-corrected chi connectivity index (χ3v) is 17.7. The number of esters is 1. The molecule has 0 aromatic heterocycles. The van der Waals surface area contributed by atoms with Crippen molar-refractivity contribution in [3.05, 3.63) is 12.2 Å². The molecule has 1 amide bonds. The van der Waals surface area contributed by atoms with Gasteiger partial charge in [-0.2, -0.15) is 0 Å². The second-order valence-electron chi connectivity index (χ2n) is 24.7. The van der Waals surface area contributed by atoms with Crippen LogP contribution in [0.3, 0.4) is 0 Å². The van der Waals surface area contributed by atoms with E-state index in [1.807, 2.05) is 0 Å². The summed E-state index contributed by atoms with van der Waals surface area (Å²) in [5.74, 6) is -1.84. The lowest BCUT2D eigenvalue weighted by molar-refractivity contribution is -0.315. The zero-order chi connectivity index (χ0) is 65.4. The van der Waals surface area contributed by atoms with Gasteiger partial charge < -0.3 is 67.9 Å². The fourth-order valence-electron chi connectivity index (χ4n) is 11.6. The lowest BCUT2D eigenvalue weighted by Crippen LogP contribution is -2.67. The number of aliphatic hydroxyl groups excluding tert-OH is 1. The highest BCUT2D eigenvalue weighted by molar-refractivity contribution is 7.46. The van der Waals surface area contributed by atoms with Gasteiger partial charge >= 0.3 is 21.6 Å². The van der Waals surface area contributed by atoms with E-state index in [1.165, 1.54) is 58.5 Å². The average Bonchev–Trinajstić information content (AvgIpc) is 0.966. The Bertz CT molecular complexity index is 1890. The molecule has 0 aliphatic carbocycles. The quantitative estimate of drug-likeness (QED) is 0.0108. The van der Waals surface area contributed by atoms with E-state index in [4.69, 9.17) is 46.9 Å². The molecule has 0 spiro atoms. The summed E-state index contributed by atoms with van der Waals surface area (Å²) in [6, 6.07) is -1.33. The minimum Gasteiger partial charge on any atom is -0.454 e. The first-order chi connectivity index (χ1) is 42.9. The zero-order valence-electron chi connectivity index (χ0n) is 55.9. The van der Waals surface area contributed by atoms with Crippen LogP contribution in [0.15, 0.2) is 12.2 Å². The molecule has 21 nitrogen and oxygen atoms in total. The number of hydrogen-bond acceptors (Lipinski definition) is 16. The summed E-state index contributed by atoms with van der Waals surface area (Å²) in [4.78, 5) is 81.9. The van der Waals surface area contributed by atoms with Gasteiger partial charge in [0.2, 0.25) is 12.2 Å². The standard InChI is InChI=1S/C66H125NO20P2/c1-7-11-15-19-22-25-26-27-28-29-30-32-34-38-42-46-57(69)67-59-62(81-49-47-54(79-6)45-41-36-18-14-10-4)61(86-88(72,73)74)56(51-78-5)84-65(59)82-52-55-60(71)63(80-48-43-39-35-24-21-17-13-9-3)64(66(83-55)87-89(75,76)77)85-58(70)50-53(68)44-40-37-33-31-23-20-16-12-8-2/h25-26,54-56,59-66,71H,7-24,27-52H2,1-6H3,(H,67,69)(H2,72,73,74)(H2,75,76,77)/b26-25-/t54-,55-,56-,59-,60-,61-,62-,63+,64-,65-,66-/m1/s1. The van der Waals surface area contributed by atoms with Gasteiger partial charge in [0.15, 0.2) is 12.4 Å². The first kappa shape index (κ1) is 83.3. The van der Waals surface area contributed by atoms with Crippen LogP contribution < -0.4 is 5.32 Å². The number of phosphoric acid groups is 2. The number of amides is 1. The molecule has 0 aromatic rings. The van der Waals surface area contributed by atoms with E-state index in [0.29, 0.717) is 25.7 Å². The molecular formula is C66H125NO20P2. The van der Waals surface area contributed by atoms with Crippen LogP contribution in [-0.4, -0.2) is 150 Å². The molecular weight excluding hydrogens is 1190 g/mol. The number of methoxy groups -OCH3 is 2. The zero-order valence-corrected chi connectivity index (χ0v) is 57.7. The molecule has 89 heavy (non-hydrogen) atoms. The maximum Gasteiger partial charge on any atom is 0.472 e. The summed E-state index contributed by atoms with van der Waals surface area (Å²) in [5, 5.41) is 15.2. The van der Waals surface area contributed by atoms with E-state index in [1.54, 1.807) is 7.11 Å². The number of allylic oxidation sites excluding steroid dienone is 2. The number of Topliss-reactive ketones (excluding diaryl/α,β-unsaturated/α-hetero) is 1. The van der Waals surface area contributed by atoms with Crippen LogP contribution in [0, 0.1) is 0 Å². The summed E-state index contributed by atoms with van der Waals surface area (Å²) >= 11 is 0. The van der Waals surface area contributed by atoms with Crippen molar-refractivity contribution in [2.24, 2.45) is 0 Å². The molecule has 2 rings (SSSR count). The highest BCUT2D eigenvalue weighted by Crippen LogP contribution is 2.44. The minimum absolute atomic E-state index is 0.00194. The van der Waals surface area contributed by atoms with Crippen LogP contribution in [-0.2, 0) is 70.5 Å². The Morgan fingerprint density at radius 2 is 0.966 bits per heavy atom. The molecule has 2 aliphatic rings. The summed E-state index contributed by atoms with van der Waals surface area (Å²) in [7, 11) is -7.74. The molecule has 2 aliphatic heterocycles. The molecule has 2 saturated heterocycles. The normalized spacial score (nSPS) is 22.9. The molecule has 0 radical (unpaired) electrons. The number of aliphatic hydroxyl groups is 1. The average molecular weight is 1310 g/mol. The van der Waals surface area contributed by atoms with Crippen molar-refractivity contribution in [2.75, 3.05) is 40.6 Å². The number of hydrogen-bond donors (Lipinski definition) is 6. The molecule has 524 valence electrons. The third kappa shape index (κ3) is 41.0. The number of unbranched alkanes of at least 4 members (excludes halogenated alkanes) is 30. The van der Waals surface area contributed by atoms with Gasteiger partial charge in [0.1, 0.15) is 54.9 Å². The van der Waals surface area contributed by atoms with Gasteiger partial charge in [-0.05, 0) is 57.8 Å². The first-order valence-electron chi connectivity index (χ1n) is 34.9. The second-order valence-corrected chi connectivity index (χ2v) is 27.1. The number of ether oxygens (including phenoxy) is 8. The molecule has 0 bridgehead atoms. The van der Waals surface area contributed by atoms with E-state index < -0.39 is 102 Å². The van der Waals surface area contributed by atoms with E-state index >= 15 is 0 Å². The predicted octanol–water partition coefficient (Wildman–Crippen LogP) is 14.0. The molecule has 2 fully saturated rings. The van der Waals surface area contributed by atoms with E-state index in [9.17, 15) is 48.2 Å². The van der Waals surface area contributed by atoms with E-state index in [2.05, 4.69) is 45.2 Å². The number of carbonyl (C=O) groups is 3. The Kier molecular flexibility index (Phi) is 49.2. The number of carbonyl (C=O) groups excluding carboxylic acids is 3. The summed E-state index contributed by atoms with van der Waals surface area (Å²) in [5.41, 5.74) is 0. The molecule has 0 unspecified atom stereocenters. The SMILES string of the molecule is CCCCCC/C=C\CCCCCCCCCC(=O)N[C@H]1[C@H](OC[C@H]2O[C@H](OP(=O)(O)O)[C@H](OC(=O)CC(=O)CCCCCCCCCCC)[C@@H](OCCCCCCCCCC)[C@@H]2O)O[C@H](COC)[C@@H](OP(=O)(O)O)[C@@H]1OCC[C@@H](CCCCCCC)OC. The monoisotopic (exact) mass is 1310 g/mol. The molecule has 0 aromatic carbocycles. The third-order valence-electron chi connectivity index (χ3n) is 16.7. The minimum atomic E-state index is -5.43. The van der Waals surface area contributed by atoms with E-state index in [0.717, 1.165) is 161 Å². The van der Waals surface area contributed by atoms with Crippen molar-refractivity contribution in [3.63, 3.8) is 0 Å². The van der Waals surface area contributed by atoms with Crippen LogP contribution in [0.25, 0.3) is 0 Å². The van der Waals surface area contributed by atoms with Gasteiger partial charge in [-0.15, -0.1) is 0 Å². The Labute approximate surface area is 536 Å². The van der Waals surface area contributed by atoms with Crippen molar-refractivity contribution < 1.29 is 95.1 Å². The number of nitrogens with one attached hydrogen (secondary N) is 1. The van der Waals surface area contributed by atoms with Gasteiger partial charge in [-0.1, -0.05) is 220 Å². The topological polar surface area (TPSA) is 291 Å². The Balaban J connectivity index is 2.45. The summed E-state index contributed by atoms with van der Waals surface area (Å²) in [6.45, 7) is 7.81. The molecule has 6 N–H and O–H groups in total. The summed E-state index contributed by atoms with van der Waals surface area (Å²) < 4.78 is 84.8. The van der Waals surface area contributed by atoms with Crippen molar-refractivity contribution in [3.8, 4) is 0 Å². The number of phosphoric ester groups is 2. The van der Waals surface area contributed by atoms with Crippen LogP contribution in [0.1, 0.15) is 285 Å². The van der Waals surface area contributed by atoms with Crippen LogP contribution in [0.4, 0.5) is 0 Å². The summed E-state index contributed by atoms with van der Waals surface area (Å²) in [6.07, 6.45) is 27.0. The maximum atomic E-state index is 14.1. The highest BCUT2D eigenvalue weighted by atomic mass is 31.2. The Morgan fingerprint density at radius 1 is 0.494 bits per heavy atom. The highest BCUT2D eigenvalue weighted by Gasteiger charge is 2.54. The van der Waals surface area contributed by atoms with Crippen LogP contribution in [0.2, 0.25) is 0 Å². The molecule has 11 atom stereocenters. The van der Waals surface area contributed by atoms with Crippen LogP contribution >= 0.6 is 15.6 Å². The van der Waals surface area contributed by atoms with Gasteiger partial charge in [0.05, 0.1) is 19.3 Å². The number of ketones is 1. The molecule has 0 saturated carbocycles. The van der Waals surface area contributed by atoms with Crippen molar-refractivity contribution in [2.45, 2.75) is 352 Å². The largest absolute Gasteiger partial charge is 0.472 e. The second kappa shape index (κ2) is 52.5.